The van der Waals surface area contributed by atoms with Crippen LogP contribution in [0.25, 0.3) is 0 Å². The molecule has 1 aliphatic rings. The molecule has 0 saturated carbocycles. The summed E-state index contributed by atoms with van der Waals surface area (Å²) in [6.45, 7) is 3.80. The molecule has 2 aromatic rings. The number of methoxy groups -OCH3 is 1. The molecule has 3 rings (SSSR count). The molecule has 1 fully saturated rings. The van der Waals surface area contributed by atoms with Gasteiger partial charge in [0.15, 0.2) is 5.13 Å². The van der Waals surface area contributed by atoms with Crippen molar-refractivity contribution in [1.29, 1.82) is 0 Å². The van der Waals surface area contributed by atoms with Crippen molar-refractivity contribution in [3.63, 3.8) is 0 Å². The van der Waals surface area contributed by atoms with Crippen molar-refractivity contribution in [1.82, 2.24) is 14.9 Å². The van der Waals surface area contributed by atoms with E-state index in [-0.39, 0.29) is 17.7 Å². The van der Waals surface area contributed by atoms with E-state index in [0.717, 1.165) is 30.5 Å². The molecule has 3 heterocycles. The third-order valence-corrected chi connectivity index (χ3v) is 5.37. The number of likely N-dealkylation sites (tertiary alicyclic amines) is 1. The van der Waals surface area contributed by atoms with E-state index >= 15 is 0 Å². The summed E-state index contributed by atoms with van der Waals surface area (Å²) in [7, 11) is 1.31. The molecule has 2 aromatic heterocycles. The van der Waals surface area contributed by atoms with Crippen LogP contribution in [0.15, 0.2) is 18.3 Å². The Kier molecular flexibility index (Phi) is 6.19. The first-order chi connectivity index (χ1) is 13.2. The van der Waals surface area contributed by atoms with Crippen LogP contribution in [0.1, 0.15) is 29.5 Å². The molecule has 0 spiro atoms. The molecule has 6 nitrogen and oxygen atoms in total. The Balaban J connectivity index is 1.60. The molecular formula is C18H21F3N4O2S. The van der Waals surface area contributed by atoms with Crippen LogP contribution < -0.4 is 10.1 Å². The minimum absolute atomic E-state index is 0.0187. The zero-order chi connectivity index (χ0) is 20.3. The van der Waals surface area contributed by atoms with Crippen LogP contribution in [-0.2, 0) is 23.9 Å². The first-order valence-corrected chi connectivity index (χ1v) is 9.61. The fourth-order valence-corrected chi connectivity index (χ4v) is 4.19. The van der Waals surface area contributed by atoms with Crippen molar-refractivity contribution in [2.75, 3.05) is 25.5 Å². The van der Waals surface area contributed by atoms with Gasteiger partial charge in [-0.25, -0.2) is 9.97 Å². The molecule has 10 heteroatoms. The molecule has 152 valence electrons. The van der Waals surface area contributed by atoms with Gasteiger partial charge in [0.2, 0.25) is 11.8 Å². The predicted octanol–water partition coefficient (Wildman–Crippen LogP) is 3.59. The van der Waals surface area contributed by atoms with Crippen LogP contribution in [0.5, 0.6) is 5.88 Å². The molecule has 1 amide bonds. The van der Waals surface area contributed by atoms with Gasteiger partial charge < -0.3 is 10.1 Å². The Bertz CT molecular complexity index is 840. The molecular weight excluding hydrogens is 393 g/mol. The lowest BCUT2D eigenvalue weighted by atomic mass is 9.98. The highest BCUT2D eigenvalue weighted by Crippen LogP contribution is 2.32. The van der Waals surface area contributed by atoms with Crippen LogP contribution in [0.2, 0.25) is 0 Å². The molecule has 1 aliphatic heterocycles. The maximum Gasteiger partial charge on any atom is 0.433 e. The minimum atomic E-state index is -4.50. The third kappa shape index (κ3) is 5.41. The van der Waals surface area contributed by atoms with Gasteiger partial charge in [-0.05, 0) is 36.9 Å². The zero-order valence-corrected chi connectivity index (χ0v) is 16.4. The van der Waals surface area contributed by atoms with Gasteiger partial charge in [-0.15, -0.1) is 11.3 Å². The fourth-order valence-electron chi connectivity index (χ4n) is 3.29. The molecule has 0 bridgehead atoms. The van der Waals surface area contributed by atoms with E-state index < -0.39 is 11.9 Å². The average molecular weight is 414 g/mol. The number of halogens is 3. The number of hydrogen-bond acceptors (Lipinski definition) is 6. The number of hydrogen-bond donors (Lipinski definition) is 1. The van der Waals surface area contributed by atoms with E-state index in [1.807, 2.05) is 0 Å². The monoisotopic (exact) mass is 414 g/mol. The third-order valence-electron chi connectivity index (χ3n) is 4.47. The lowest BCUT2D eigenvalue weighted by Crippen LogP contribution is -2.20. The molecule has 0 aliphatic carbocycles. The fraction of sp³-hybridized carbons (Fsp3) is 0.500. The Morgan fingerprint density at radius 1 is 1.43 bits per heavy atom. The van der Waals surface area contributed by atoms with Gasteiger partial charge in [0.25, 0.3) is 0 Å². The highest BCUT2D eigenvalue weighted by molar-refractivity contribution is 7.15. The Morgan fingerprint density at radius 2 is 2.21 bits per heavy atom. The summed E-state index contributed by atoms with van der Waals surface area (Å²) in [5.41, 5.74) is -0.344. The maximum atomic E-state index is 13.0. The summed E-state index contributed by atoms with van der Waals surface area (Å²) in [4.78, 5) is 22.0. The Morgan fingerprint density at radius 3 is 2.89 bits per heavy atom. The molecule has 1 N–H and O–H groups in total. The largest absolute Gasteiger partial charge is 0.481 e. The Hall–Kier alpha value is -2.20. The standard InChI is InChI=1S/C18H21F3N4O2S/c1-11(26)23-17-22-8-14(28-17)10-25-4-3-12(9-25)5-13-6-15(18(19,20)21)24-16(7-13)27-2/h6-8,12H,3-5,9-10H2,1-2H3,(H,22,23,26). The second-order valence-electron chi connectivity index (χ2n) is 6.81. The van der Waals surface area contributed by atoms with E-state index in [0.29, 0.717) is 23.7 Å². The van der Waals surface area contributed by atoms with Crippen LogP contribution >= 0.6 is 11.3 Å². The lowest BCUT2D eigenvalue weighted by Gasteiger charge is -2.16. The van der Waals surface area contributed by atoms with Gasteiger partial charge in [-0.2, -0.15) is 13.2 Å². The van der Waals surface area contributed by atoms with Crippen molar-refractivity contribution < 1.29 is 22.7 Å². The average Bonchev–Trinajstić information content (AvgIpc) is 3.23. The van der Waals surface area contributed by atoms with E-state index in [1.54, 1.807) is 12.3 Å². The number of thiazole rings is 1. The molecule has 1 atom stereocenters. The van der Waals surface area contributed by atoms with E-state index in [1.165, 1.54) is 25.4 Å². The number of pyridine rings is 1. The highest BCUT2D eigenvalue weighted by atomic mass is 32.1. The van der Waals surface area contributed by atoms with Crippen molar-refractivity contribution in [2.45, 2.75) is 32.5 Å². The summed E-state index contributed by atoms with van der Waals surface area (Å²) in [6.07, 6.45) is -1.31. The second-order valence-corrected chi connectivity index (χ2v) is 7.92. The van der Waals surface area contributed by atoms with Crippen molar-refractivity contribution in [3.8, 4) is 5.88 Å². The van der Waals surface area contributed by atoms with Crippen LogP contribution in [0.3, 0.4) is 0 Å². The molecule has 28 heavy (non-hydrogen) atoms. The quantitative estimate of drug-likeness (QED) is 0.783. The number of anilines is 1. The molecule has 0 aromatic carbocycles. The lowest BCUT2D eigenvalue weighted by molar-refractivity contribution is -0.141. The van der Waals surface area contributed by atoms with E-state index in [2.05, 4.69) is 20.2 Å². The SMILES string of the molecule is COc1cc(CC2CCN(Cc3cnc(NC(C)=O)s3)C2)cc(C(F)(F)F)n1. The van der Waals surface area contributed by atoms with Crippen LogP contribution in [-0.4, -0.2) is 41.0 Å². The summed E-state index contributed by atoms with van der Waals surface area (Å²) >= 11 is 1.43. The first-order valence-electron chi connectivity index (χ1n) is 8.79. The normalized spacial score (nSPS) is 17.7. The number of nitrogens with zero attached hydrogens (tertiary/aromatic N) is 3. The van der Waals surface area contributed by atoms with Crippen molar-refractivity contribution in [3.05, 3.63) is 34.5 Å². The zero-order valence-electron chi connectivity index (χ0n) is 15.5. The van der Waals surface area contributed by atoms with Crippen molar-refractivity contribution >= 4 is 22.4 Å². The number of alkyl halides is 3. The number of aromatic nitrogens is 2. The molecule has 1 unspecified atom stereocenters. The predicted molar refractivity (Wildman–Crippen MR) is 99.3 cm³/mol. The molecule has 1 saturated heterocycles. The maximum absolute atomic E-state index is 13.0. The van der Waals surface area contributed by atoms with E-state index in [4.69, 9.17) is 4.74 Å². The summed E-state index contributed by atoms with van der Waals surface area (Å²) in [6, 6.07) is 2.68. The van der Waals surface area contributed by atoms with Crippen LogP contribution in [0.4, 0.5) is 18.3 Å². The molecule has 0 radical (unpaired) electrons. The number of carbonyl (C=O) groups excluding carboxylic acids is 1. The van der Waals surface area contributed by atoms with Crippen LogP contribution in [0, 0.1) is 5.92 Å². The van der Waals surface area contributed by atoms with Crippen molar-refractivity contribution in [2.24, 2.45) is 5.92 Å². The smallest absolute Gasteiger partial charge is 0.433 e. The van der Waals surface area contributed by atoms with E-state index in [9.17, 15) is 18.0 Å². The number of ether oxygens (including phenoxy) is 1. The van der Waals surface area contributed by atoms with Gasteiger partial charge in [0.05, 0.1) is 7.11 Å². The summed E-state index contributed by atoms with van der Waals surface area (Å²) in [5, 5.41) is 3.23. The van der Waals surface area contributed by atoms with Gasteiger partial charge in [-0.1, -0.05) is 0 Å². The Labute approximate surface area is 164 Å². The highest BCUT2D eigenvalue weighted by Gasteiger charge is 2.34. The van der Waals surface area contributed by atoms with Gasteiger partial charge in [0.1, 0.15) is 5.69 Å². The van der Waals surface area contributed by atoms with Gasteiger partial charge >= 0.3 is 6.18 Å². The second kappa shape index (κ2) is 8.44. The number of rotatable bonds is 6. The first kappa shape index (κ1) is 20.5. The number of amides is 1. The summed E-state index contributed by atoms with van der Waals surface area (Å²) in [5.74, 6) is 0.0823. The van der Waals surface area contributed by atoms with Gasteiger partial charge in [0, 0.05) is 37.2 Å². The summed E-state index contributed by atoms with van der Waals surface area (Å²) < 4.78 is 44.0. The minimum Gasteiger partial charge on any atom is -0.481 e. The number of nitrogens with one attached hydrogen (secondary N) is 1. The topological polar surface area (TPSA) is 67.3 Å². The van der Waals surface area contributed by atoms with Gasteiger partial charge in [-0.3, -0.25) is 9.69 Å². The number of carbonyl (C=O) groups is 1.